The lowest BCUT2D eigenvalue weighted by Crippen LogP contribution is -2.41. The van der Waals surface area contributed by atoms with Gasteiger partial charge in [-0.15, -0.1) is 0 Å². The van der Waals surface area contributed by atoms with Crippen LogP contribution in [0.1, 0.15) is 48.0 Å². The van der Waals surface area contributed by atoms with Crippen molar-refractivity contribution in [3.63, 3.8) is 0 Å². The molecule has 2 N–H and O–H groups in total. The lowest BCUT2D eigenvalue weighted by molar-refractivity contribution is 0.0717. The van der Waals surface area contributed by atoms with Gasteiger partial charge < -0.3 is 10.4 Å². The predicted molar refractivity (Wildman–Crippen MR) is 83.8 cm³/mol. The summed E-state index contributed by atoms with van der Waals surface area (Å²) >= 11 is 3.40. The zero-order chi connectivity index (χ0) is 14.6. The first-order valence-electron chi connectivity index (χ1n) is 7.22. The summed E-state index contributed by atoms with van der Waals surface area (Å²) in [6, 6.07) is 5.71. The van der Waals surface area contributed by atoms with E-state index in [1.807, 2.05) is 25.1 Å². The molecule has 1 aliphatic rings. The van der Waals surface area contributed by atoms with Gasteiger partial charge in [-0.1, -0.05) is 41.3 Å². The minimum atomic E-state index is -0.117. The number of carbonyl (C=O) groups is 1. The van der Waals surface area contributed by atoms with Gasteiger partial charge in [-0.05, 0) is 37.5 Å². The SMILES string of the molecule is Cc1ccc(Br)cc1C(=O)NCC1(CO)CCCCC1. The Kier molecular flexibility index (Phi) is 5.22. The Morgan fingerprint density at radius 2 is 2.05 bits per heavy atom. The van der Waals surface area contributed by atoms with Gasteiger partial charge in [0, 0.05) is 22.0 Å². The molecule has 110 valence electrons. The highest BCUT2D eigenvalue weighted by Gasteiger charge is 2.31. The summed E-state index contributed by atoms with van der Waals surface area (Å²) in [5.74, 6) is -0.0535. The van der Waals surface area contributed by atoms with Crippen LogP contribution in [-0.4, -0.2) is 24.2 Å². The minimum Gasteiger partial charge on any atom is -0.396 e. The van der Waals surface area contributed by atoms with Gasteiger partial charge in [-0.3, -0.25) is 4.79 Å². The van der Waals surface area contributed by atoms with E-state index in [9.17, 15) is 9.90 Å². The monoisotopic (exact) mass is 339 g/mol. The maximum Gasteiger partial charge on any atom is 0.251 e. The molecule has 0 bridgehead atoms. The van der Waals surface area contributed by atoms with E-state index in [-0.39, 0.29) is 17.9 Å². The van der Waals surface area contributed by atoms with Crippen LogP contribution in [-0.2, 0) is 0 Å². The summed E-state index contributed by atoms with van der Waals surface area (Å²) in [7, 11) is 0. The molecule has 3 nitrogen and oxygen atoms in total. The number of aliphatic hydroxyl groups excluding tert-OH is 1. The van der Waals surface area contributed by atoms with E-state index >= 15 is 0 Å². The van der Waals surface area contributed by atoms with Crippen LogP contribution in [0.4, 0.5) is 0 Å². The number of nitrogens with one attached hydrogen (secondary N) is 1. The normalized spacial score (nSPS) is 17.8. The molecule has 0 unspecified atom stereocenters. The van der Waals surface area contributed by atoms with Crippen LogP contribution in [0.25, 0.3) is 0 Å². The van der Waals surface area contributed by atoms with Crippen molar-refractivity contribution in [1.82, 2.24) is 5.32 Å². The van der Waals surface area contributed by atoms with E-state index < -0.39 is 0 Å². The first-order valence-corrected chi connectivity index (χ1v) is 8.01. The van der Waals surface area contributed by atoms with Crippen LogP contribution < -0.4 is 5.32 Å². The molecule has 1 aromatic carbocycles. The fraction of sp³-hybridized carbons (Fsp3) is 0.562. The second-order valence-corrected chi connectivity index (χ2v) is 6.78. The Balaban J connectivity index is 2.02. The smallest absolute Gasteiger partial charge is 0.251 e. The number of halogens is 1. The molecule has 1 fully saturated rings. The van der Waals surface area contributed by atoms with Crippen LogP contribution in [0, 0.1) is 12.3 Å². The minimum absolute atomic E-state index is 0.0535. The average molecular weight is 340 g/mol. The third kappa shape index (κ3) is 3.61. The Morgan fingerprint density at radius 3 is 2.70 bits per heavy atom. The number of benzene rings is 1. The number of amides is 1. The third-order valence-electron chi connectivity index (χ3n) is 4.32. The summed E-state index contributed by atoms with van der Waals surface area (Å²) in [6.07, 6.45) is 5.53. The molecule has 1 aromatic rings. The molecule has 1 saturated carbocycles. The van der Waals surface area contributed by atoms with Gasteiger partial charge >= 0.3 is 0 Å². The second kappa shape index (κ2) is 6.72. The number of hydrogen-bond donors (Lipinski definition) is 2. The van der Waals surface area contributed by atoms with E-state index in [1.165, 1.54) is 6.42 Å². The van der Waals surface area contributed by atoms with E-state index in [4.69, 9.17) is 0 Å². The summed E-state index contributed by atoms with van der Waals surface area (Å²) in [6.45, 7) is 2.66. The quantitative estimate of drug-likeness (QED) is 0.882. The fourth-order valence-electron chi connectivity index (χ4n) is 2.89. The van der Waals surface area contributed by atoms with Gasteiger partial charge in [0.15, 0.2) is 0 Å². The van der Waals surface area contributed by atoms with E-state index in [1.54, 1.807) is 0 Å². The highest BCUT2D eigenvalue weighted by molar-refractivity contribution is 9.10. The molecule has 2 rings (SSSR count). The summed E-state index contributed by atoms with van der Waals surface area (Å²) in [5, 5.41) is 12.7. The standard InChI is InChI=1S/C16H22BrNO2/c1-12-5-6-13(17)9-14(12)15(20)18-10-16(11-19)7-3-2-4-8-16/h5-6,9,19H,2-4,7-8,10-11H2,1H3,(H,18,20). The first kappa shape index (κ1) is 15.5. The van der Waals surface area contributed by atoms with Gasteiger partial charge in [0.05, 0.1) is 6.61 Å². The Morgan fingerprint density at radius 1 is 1.35 bits per heavy atom. The molecule has 0 aliphatic heterocycles. The topological polar surface area (TPSA) is 49.3 Å². The number of hydrogen-bond acceptors (Lipinski definition) is 2. The van der Waals surface area contributed by atoms with Crippen LogP contribution in [0.3, 0.4) is 0 Å². The van der Waals surface area contributed by atoms with Gasteiger partial charge in [-0.25, -0.2) is 0 Å². The van der Waals surface area contributed by atoms with Crippen LogP contribution in [0.15, 0.2) is 22.7 Å². The molecule has 20 heavy (non-hydrogen) atoms. The zero-order valence-electron chi connectivity index (χ0n) is 11.9. The third-order valence-corrected chi connectivity index (χ3v) is 4.81. The Labute approximate surface area is 128 Å². The summed E-state index contributed by atoms with van der Waals surface area (Å²) in [5.41, 5.74) is 1.55. The first-order chi connectivity index (χ1) is 9.56. The van der Waals surface area contributed by atoms with Crippen LogP contribution >= 0.6 is 15.9 Å². The molecule has 4 heteroatoms. The molecule has 1 amide bonds. The van der Waals surface area contributed by atoms with E-state index in [2.05, 4.69) is 21.2 Å². The van der Waals surface area contributed by atoms with Crippen molar-refractivity contribution >= 4 is 21.8 Å². The number of rotatable bonds is 4. The highest BCUT2D eigenvalue weighted by atomic mass is 79.9. The van der Waals surface area contributed by atoms with Crippen molar-refractivity contribution in [3.8, 4) is 0 Å². The van der Waals surface area contributed by atoms with Gasteiger partial charge in [0.25, 0.3) is 5.91 Å². The van der Waals surface area contributed by atoms with Crippen molar-refractivity contribution in [2.24, 2.45) is 5.41 Å². The maximum absolute atomic E-state index is 12.3. The molecular formula is C16H22BrNO2. The summed E-state index contributed by atoms with van der Waals surface area (Å²) < 4.78 is 0.905. The molecule has 0 atom stereocenters. The van der Waals surface area contributed by atoms with Crippen LogP contribution in [0.2, 0.25) is 0 Å². The average Bonchev–Trinajstić information content (AvgIpc) is 2.48. The lowest BCUT2D eigenvalue weighted by Gasteiger charge is -2.35. The maximum atomic E-state index is 12.3. The Bertz CT molecular complexity index is 481. The zero-order valence-corrected chi connectivity index (χ0v) is 13.5. The molecule has 0 saturated heterocycles. The predicted octanol–water partition coefficient (Wildman–Crippen LogP) is 3.43. The lowest BCUT2D eigenvalue weighted by atomic mass is 9.74. The van der Waals surface area contributed by atoms with Gasteiger partial charge in [0.2, 0.25) is 0 Å². The van der Waals surface area contributed by atoms with Crippen molar-refractivity contribution in [2.45, 2.75) is 39.0 Å². The summed E-state index contributed by atoms with van der Waals surface area (Å²) in [4.78, 5) is 12.3. The van der Waals surface area contributed by atoms with Crippen molar-refractivity contribution in [1.29, 1.82) is 0 Å². The highest BCUT2D eigenvalue weighted by Crippen LogP contribution is 2.35. The molecule has 0 spiro atoms. The van der Waals surface area contributed by atoms with Crippen molar-refractivity contribution in [2.75, 3.05) is 13.2 Å². The number of aryl methyl sites for hydroxylation is 1. The number of aliphatic hydroxyl groups is 1. The fourth-order valence-corrected chi connectivity index (χ4v) is 3.26. The Hall–Kier alpha value is -0.870. The second-order valence-electron chi connectivity index (χ2n) is 5.86. The molecule has 1 aliphatic carbocycles. The van der Waals surface area contributed by atoms with E-state index in [0.29, 0.717) is 12.1 Å². The number of carbonyl (C=O) groups excluding carboxylic acids is 1. The molecule has 0 heterocycles. The molecule has 0 radical (unpaired) electrons. The van der Waals surface area contributed by atoms with Gasteiger partial charge in [0.1, 0.15) is 0 Å². The largest absolute Gasteiger partial charge is 0.396 e. The molecular weight excluding hydrogens is 318 g/mol. The van der Waals surface area contributed by atoms with E-state index in [0.717, 1.165) is 35.7 Å². The van der Waals surface area contributed by atoms with Gasteiger partial charge in [-0.2, -0.15) is 0 Å². The van der Waals surface area contributed by atoms with Crippen molar-refractivity contribution in [3.05, 3.63) is 33.8 Å². The van der Waals surface area contributed by atoms with Crippen LogP contribution in [0.5, 0.6) is 0 Å². The molecule has 0 aromatic heterocycles. The van der Waals surface area contributed by atoms with Crippen molar-refractivity contribution < 1.29 is 9.90 Å².